The van der Waals surface area contributed by atoms with E-state index in [2.05, 4.69) is 11.2 Å². The molecule has 2 unspecified atom stereocenters. The second kappa shape index (κ2) is 6.17. The molecule has 1 aliphatic rings. The van der Waals surface area contributed by atoms with Crippen molar-refractivity contribution in [2.24, 2.45) is 16.8 Å². The molecule has 1 amide bonds. The standard InChI is InChI=1S/C14H19N3O2S/c1-9(13(15)16-19)8-17(2)14(18)12-7-10-5-3-4-6-11(10)20-12/h3-6,9,12,19H,7-8H2,1-2H3,(H2,15,16). The first-order valence-electron chi connectivity index (χ1n) is 6.50. The van der Waals surface area contributed by atoms with Gasteiger partial charge in [-0.25, -0.2) is 0 Å². The van der Waals surface area contributed by atoms with E-state index in [9.17, 15) is 4.79 Å². The number of rotatable bonds is 4. The van der Waals surface area contributed by atoms with E-state index < -0.39 is 0 Å². The zero-order valence-corrected chi connectivity index (χ0v) is 12.4. The summed E-state index contributed by atoms with van der Waals surface area (Å²) in [6.45, 7) is 2.28. The first-order chi connectivity index (χ1) is 9.52. The van der Waals surface area contributed by atoms with Crippen LogP contribution >= 0.6 is 11.8 Å². The number of oxime groups is 1. The number of benzene rings is 1. The maximum atomic E-state index is 12.4. The first-order valence-corrected chi connectivity index (χ1v) is 7.38. The Morgan fingerprint density at radius 3 is 2.95 bits per heavy atom. The van der Waals surface area contributed by atoms with Gasteiger partial charge < -0.3 is 15.8 Å². The molecule has 0 saturated heterocycles. The topological polar surface area (TPSA) is 78.9 Å². The fourth-order valence-electron chi connectivity index (χ4n) is 2.26. The molecule has 0 bridgehead atoms. The van der Waals surface area contributed by atoms with Crippen LogP contribution in [0, 0.1) is 5.92 Å². The summed E-state index contributed by atoms with van der Waals surface area (Å²) in [6, 6.07) is 8.10. The Labute approximate surface area is 122 Å². The van der Waals surface area contributed by atoms with Gasteiger partial charge in [-0.1, -0.05) is 30.3 Å². The molecule has 1 aliphatic heterocycles. The van der Waals surface area contributed by atoms with Crippen molar-refractivity contribution < 1.29 is 10.0 Å². The second-order valence-electron chi connectivity index (χ2n) is 5.06. The monoisotopic (exact) mass is 293 g/mol. The summed E-state index contributed by atoms with van der Waals surface area (Å²) in [5, 5.41) is 11.6. The smallest absolute Gasteiger partial charge is 0.236 e. The van der Waals surface area contributed by atoms with Crippen molar-refractivity contribution in [2.45, 2.75) is 23.5 Å². The molecule has 0 spiro atoms. The van der Waals surface area contributed by atoms with Gasteiger partial charge in [-0.15, -0.1) is 11.8 Å². The van der Waals surface area contributed by atoms with Crippen molar-refractivity contribution >= 4 is 23.5 Å². The molecule has 1 aromatic carbocycles. The van der Waals surface area contributed by atoms with Crippen LogP contribution in [0.15, 0.2) is 34.3 Å². The van der Waals surface area contributed by atoms with Crippen LogP contribution in [0.1, 0.15) is 12.5 Å². The fraction of sp³-hybridized carbons (Fsp3) is 0.429. The highest BCUT2D eigenvalue weighted by atomic mass is 32.2. The van der Waals surface area contributed by atoms with Crippen molar-refractivity contribution in [1.82, 2.24) is 4.90 Å². The molecule has 108 valence electrons. The normalized spacial score (nSPS) is 19.5. The average molecular weight is 293 g/mol. The largest absolute Gasteiger partial charge is 0.409 e. The molecule has 6 heteroatoms. The van der Waals surface area contributed by atoms with Gasteiger partial charge in [0.25, 0.3) is 0 Å². The van der Waals surface area contributed by atoms with E-state index in [1.165, 1.54) is 10.5 Å². The van der Waals surface area contributed by atoms with Gasteiger partial charge in [0.2, 0.25) is 5.91 Å². The van der Waals surface area contributed by atoms with Crippen LogP contribution in [0.4, 0.5) is 0 Å². The molecule has 0 fully saturated rings. The van der Waals surface area contributed by atoms with Crippen LogP contribution in [0.5, 0.6) is 0 Å². The summed E-state index contributed by atoms with van der Waals surface area (Å²) in [5.41, 5.74) is 6.77. The molecule has 1 aromatic rings. The predicted octanol–water partition coefficient (Wildman–Crippen LogP) is 1.54. The number of amides is 1. The van der Waals surface area contributed by atoms with Crippen molar-refractivity contribution in [3.63, 3.8) is 0 Å². The van der Waals surface area contributed by atoms with Gasteiger partial charge in [-0.2, -0.15) is 0 Å². The number of carbonyl (C=O) groups is 1. The number of amidine groups is 1. The SMILES string of the molecule is CC(CN(C)C(=O)C1Cc2ccccc2S1)C(N)=NO. The average Bonchev–Trinajstić information content (AvgIpc) is 2.89. The zero-order valence-electron chi connectivity index (χ0n) is 11.6. The predicted molar refractivity (Wildman–Crippen MR) is 80.0 cm³/mol. The molecule has 5 nitrogen and oxygen atoms in total. The molecule has 20 heavy (non-hydrogen) atoms. The first kappa shape index (κ1) is 14.7. The minimum atomic E-state index is -0.164. The Morgan fingerprint density at radius 1 is 1.60 bits per heavy atom. The molecule has 0 aromatic heterocycles. The Bertz CT molecular complexity index is 508. The van der Waals surface area contributed by atoms with Gasteiger partial charge in [0.15, 0.2) is 0 Å². The van der Waals surface area contributed by atoms with Crippen molar-refractivity contribution in [3.8, 4) is 0 Å². The van der Waals surface area contributed by atoms with Gasteiger partial charge in [0.1, 0.15) is 5.84 Å². The van der Waals surface area contributed by atoms with Crippen LogP contribution < -0.4 is 5.73 Å². The Kier molecular flexibility index (Phi) is 4.54. The third-order valence-electron chi connectivity index (χ3n) is 3.47. The number of thioether (sulfide) groups is 1. The molecule has 0 radical (unpaired) electrons. The number of nitrogens with zero attached hydrogens (tertiary/aromatic N) is 2. The number of hydrogen-bond acceptors (Lipinski definition) is 4. The molecule has 1 heterocycles. The molecule has 3 N–H and O–H groups in total. The van der Waals surface area contributed by atoms with E-state index in [-0.39, 0.29) is 22.9 Å². The molecule has 2 rings (SSSR count). The molecular formula is C14H19N3O2S. The van der Waals surface area contributed by atoms with Gasteiger partial charge in [0, 0.05) is 24.4 Å². The van der Waals surface area contributed by atoms with Gasteiger partial charge in [-0.3, -0.25) is 4.79 Å². The number of fused-ring (bicyclic) bond motifs is 1. The lowest BCUT2D eigenvalue weighted by Gasteiger charge is -2.23. The zero-order chi connectivity index (χ0) is 14.7. The Balaban J connectivity index is 1.96. The summed E-state index contributed by atoms with van der Waals surface area (Å²) >= 11 is 1.61. The van der Waals surface area contributed by atoms with Crippen molar-refractivity contribution in [3.05, 3.63) is 29.8 Å². The maximum Gasteiger partial charge on any atom is 0.236 e. The molecule has 0 aliphatic carbocycles. The minimum Gasteiger partial charge on any atom is -0.409 e. The van der Waals surface area contributed by atoms with Crippen LogP contribution in [0.25, 0.3) is 0 Å². The van der Waals surface area contributed by atoms with Crippen LogP contribution in [-0.2, 0) is 11.2 Å². The lowest BCUT2D eigenvalue weighted by molar-refractivity contribution is -0.129. The quantitative estimate of drug-likeness (QED) is 0.382. The van der Waals surface area contributed by atoms with E-state index >= 15 is 0 Å². The fourth-order valence-corrected chi connectivity index (χ4v) is 3.57. The highest BCUT2D eigenvalue weighted by Gasteiger charge is 2.30. The number of nitrogens with two attached hydrogens (primary N) is 1. The van der Waals surface area contributed by atoms with Gasteiger partial charge in [0.05, 0.1) is 5.25 Å². The summed E-state index contributed by atoms with van der Waals surface area (Å²) < 4.78 is 0. The lowest BCUT2D eigenvalue weighted by Crippen LogP contribution is -2.40. The summed E-state index contributed by atoms with van der Waals surface area (Å²) in [4.78, 5) is 15.3. The van der Waals surface area contributed by atoms with E-state index in [0.717, 1.165) is 6.42 Å². The molecule has 2 atom stereocenters. The minimum absolute atomic E-state index is 0.0723. The van der Waals surface area contributed by atoms with Gasteiger partial charge in [-0.05, 0) is 18.1 Å². The Morgan fingerprint density at radius 2 is 2.30 bits per heavy atom. The number of hydrogen-bond donors (Lipinski definition) is 2. The highest BCUT2D eigenvalue weighted by molar-refractivity contribution is 8.01. The Hall–Kier alpha value is -1.69. The molecule has 0 saturated carbocycles. The number of carbonyl (C=O) groups excluding carboxylic acids is 1. The van der Waals surface area contributed by atoms with Gasteiger partial charge >= 0.3 is 0 Å². The van der Waals surface area contributed by atoms with E-state index in [1.807, 2.05) is 25.1 Å². The van der Waals surface area contributed by atoms with Crippen molar-refractivity contribution in [1.29, 1.82) is 0 Å². The maximum absolute atomic E-state index is 12.4. The highest BCUT2D eigenvalue weighted by Crippen LogP contribution is 2.37. The third-order valence-corrected chi connectivity index (χ3v) is 4.77. The summed E-state index contributed by atoms with van der Waals surface area (Å²) in [5.74, 6) is 0.0681. The molecular weight excluding hydrogens is 274 g/mol. The second-order valence-corrected chi connectivity index (χ2v) is 6.31. The van der Waals surface area contributed by atoms with E-state index in [0.29, 0.717) is 6.54 Å². The van der Waals surface area contributed by atoms with Crippen LogP contribution in [0.3, 0.4) is 0 Å². The third kappa shape index (κ3) is 3.07. The van der Waals surface area contributed by atoms with E-state index in [1.54, 1.807) is 23.7 Å². The van der Waals surface area contributed by atoms with Crippen molar-refractivity contribution in [2.75, 3.05) is 13.6 Å². The van der Waals surface area contributed by atoms with E-state index in [4.69, 9.17) is 10.9 Å². The van der Waals surface area contributed by atoms with Crippen LogP contribution in [0.2, 0.25) is 0 Å². The lowest BCUT2D eigenvalue weighted by atomic mass is 10.1. The summed E-state index contributed by atoms with van der Waals surface area (Å²) in [6.07, 6.45) is 0.766. The van der Waals surface area contributed by atoms with Crippen LogP contribution in [-0.4, -0.2) is 40.7 Å². The summed E-state index contributed by atoms with van der Waals surface area (Å²) in [7, 11) is 1.76.